The Bertz CT molecular complexity index is 1020. The van der Waals surface area contributed by atoms with E-state index in [1.807, 2.05) is 18.2 Å². The van der Waals surface area contributed by atoms with Crippen LogP contribution in [0, 0.1) is 28.6 Å². The first kappa shape index (κ1) is 22.3. The number of guanidine groups is 1. The lowest BCUT2D eigenvalue weighted by molar-refractivity contribution is -0.145. The van der Waals surface area contributed by atoms with Crippen LogP contribution in [0.25, 0.3) is 0 Å². The van der Waals surface area contributed by atoms with Gasteiger partial charge in [-0.2, -0.15) is 5.26 Å². The predicted molar refractivity (Wildman–Crippen MR) is 121 cm³/mol. The summed E-state index contributed by atoms with van der Waals surface area (Å²) in [4.78, 5) is 20.9. The third-order valence-electron chi connectivity index (χ3n) is 8.13. The Balaban J connectivity index is 1.61. The SMILES string of the molecule is COC1[C@H](C)CC2(Cc3ccc(C#N)cc3[C@]23N=C(N)N(CC2COCCO2)C3=O)C[C@@H]1C. The van der Waals surface area contributed by atoms with Gasteiger partial charge in [0.1, 0.15) is 0 Å². The zero-order valence-electron chi connectivity index (χ0n) is 19.5. The largest absolute Gasteiger partial charge is 0.381 e. The molecule has 1 aromatic rings. The smallest absolute Gasteiger partial charge is 0.262 e. The molecule has 2 heterocycles. The Morgan fingerprint density at radius 2 is 2.06 bits per heavy atom. The zero-order chi connectivity index (χ0) is 23.4. The van der Waals surface area contributed by atoms with Crippen LogP contribution >= 0.6 is 0 Å². The number of hydrogen-bond acceptors (Lipinski definition) is 7. The maximum absolute atomic E-state index is 14.3. The average molecular weight is 453 g/mol. The number of nitriles is 1. The van der Waals surface area contributed by atoms with Crippen LogP contribution in [0.3, 0.4) is 0 Å². The molecule has 5 rings (SSSR count). The van der Waals surface area contributed by atoms with Crippen LogP contribution in [0.2, 0.25) is 0 Å². The summed E-state index contributed by atoms with van der Waals surface area (Å²) in [6, 6.07) is 7.90. The lowest BCUT2D eigenvalue weighted by Gasteiger charge is -2.50. The second kappa shape index (κ2) is 8.08. The van der Waals surface area contributed by atoms with Gasteiger partial charge in [0.15, 0.2) is 11.5 Å². The molecule has 0 radical (unpaired) electrons. The van der Waals surface area contributed by atoms with Crippen LogP contribution in [0.1, 0.15) is 43.4 Å². The fourth-order valence-electron chi connectivity index (χ4n) is 7.05. The molecule has 2 N–H and O–H groups in total. The summed E-state index contributed by atoms with van der Waals surface area (Å²) >= 11 is 0. The Kier molecular flexibility index (Phi) is 5.47. The van der Waals surface area contributed by atoms with Crippen molar-refractivity contribution in [1.82, 2.24) is 4.90 Å². The summed E-state index contributed by atoms with van der Waals surface area (Å²) in [6.07, 6.45) is 2.22. The third-order valence-corrected chi connectivity index (χ3v) is 8.13. The van der Waals surface area contributed by atoms with Crippen LogP contribution in [-0.4, -0.2) is 62.4 Å². The molecule has 2 aliphatic heterocycles. The van der Waals surface area contributed by atoms with E-state index < -0.39 is 11.0 Å². The molecule has 1 amide bonds. The number of ether oxygens (including phenoxy) is 3. The highest BCUT2D eigenvalue weighted by molar-refractivity contribution is 6.08. The third kappa shape index (κ3) is 3.21. The number of carbonyl (C=O) groups is 1. The lowest BCUT2D eigenvalue weighted by atomic mass is 9.56. The van der Waals surface area contributed by atoms with Gasteiger partial charge in [0.05, 0.1) is 50.2 Å². The standard InChI is InChI=1S/C25H32N4O4/c1-15-9-24(10-16(2)21(15)31-3)11-18-5-4-17(12-26)8-20(18)25(24)22(30)29(23(27)28-25)13-19-14-32-6-7-33-19/h4-5,8,15-16,19,21H,6-7,9-11,13-14H2,1-3H3,(H2,27,28)/t15-,16+,19?,21?,24?,25-/m1/s1. The van der Waals surface area contributed by atoms with Gasteiger partial charge >= 0.3 is 0 Å². The zero-order valence-corrected chi connectivity index (χ0v) is 19.5. The van der Waals surface area contributed by atoms with Crippen molar-refractivity contribution in [1.29, 1.82) is 5.26 Å². The molecule has 0 aromatic heterocycles. The maximum Gasteiger partial charge on any atom is 0.262 e. The molecule has 3 unspecified atom stereocenters. The molecular formula is C25H32N4O4. The summed E-state index contributed by atoms with van der Waals surface area (Å²) in [5.41, 5.74) is 7.34. The van der Waals surface area contributed by atoms with Crippen molar-refractivity contribution < 1.29 is 19.0 Å². The average Bonchev–Trinajstić information content (AvgIpc) is 3.20. The Labute approximate surface area is 194 Å². The van der Waals surface area contributed by atoms with Gasteiger partial charge in [-0.3, -0.25) is 9.69 Å². The number of rotatable bonds is 3. The van der Waals surface area contributed by atoms with Gasteiger partial charge in [-0.05, 0) is 54.4 Å². The number of hydrogen-bond donors (Lipinski definition) is 1. The number of nitrogens with two attached hydrogens (primary N) is 1. The number of carbonyl (C=O) groups excluding carboxylic acids is 1. The molecule has 33 heavy (non-hydrogen) atoms. The van der Waals surface area contributed by atoms with Crippen molar-refractivity contribution in [3.8, 4) is 6.07 Å². The van der Waals surface area contributed by atoms with Gasteiger partial charge in [0.2, 0.25) is 0 Å². The van der Waals surface area contributed by atoms with Crippen molar-refractivity contribution in [2.45, 2.75) is 50.9 Å². The van der Waals surface area contributed by atoms with Gasteiger partial charge in [0, 0.05) is 12.5 Å². The van der Waals surface area contributed by atoms with E-state index in [2.05, 4.69) is 19.9 Å². The van der Waals surface area contributed by atoms with Crippen molar-refractivity contribution in [3.05, 3.63) is 34.9 Å². The van der Waals surface area contributed by atoms with E-state index in [0.717, 1.165) is 30.4 Å². The number of benzene rings is 1. The summed E-state index contributed by atoms with van der Waals surface area (Å²) < 4.78 is 17.2. The van der Waals surface area contributed by atoms with Crippen LogP contribution in [0.4, 0.5) is 0 Å². The van der Waals surface area contributed by atoms with Crippen LogP contribution in [-0.2, 0) is 31.0 Å². The van der Waals surface area contributed by atoms with Gasteiger partial charge in [-0.15, -0.1) is 0 Å². The second-order valence-corrected chi connectivity index (χ2v) is 10.2. The maximum atomic E-state index is 14.3. The van der Waals surface area contributed by atoms with E-state index in [-0.39, 0.29) is 35.9 Å². The van der Waals surface area contributed by atoms with E-state index >= 15 is 0 Å². The molecular weight excluding hydrogens is 420 g/mol. The van der Waals surface area contributed by atoms with E-state index in [9.17, 15) is 10.1 Å². The van der Waals surface area contributed by atoms with Crippen molar-refractivity contribution in [2.75, 3.05) is 33.5 Å². The first-order valence-electron chi connectivity index (χ1n) is 11.8. The number of amides is 1. The summed E-state index contributed by atoms with van der Waals surface area (Å²) in [5, 5.41) is 9.59. The van der Waals surface area contributed by atoms with Crippen molar-refractivity contribution >= 4 is 11.9 Å². The van der Waals surface area contributed by atoms with Gasteiger partial charge in [-0.1, -0.05) is 19.9 Å². The molecule has 2 fully saturated rings. The Morgan fingerprint density at radius 1 is 1.30 bits per heavy atom. The molecule has 1 aromatic carbocycles. The first-order valence-corrected chi connectivity index (χ1v) is 11.8. The minimum absolute atomic E-state index is 0.113. The van der Waals surface area contributed by atoms with Crippen molar-refractivity contribution in [2.24, 2.45) is 28.0 Å². The van der Waals surface area contributed by atoms with E-state index in [1.54, 1.807) is 12.0 Å². The minimum Gasteiger partial charge on any atom is -0.381 e. The predicted octanol–water partition coefficient (Wildman–Crippen LogP) is 1.95. The van der Waals surface area contributed by atoms with Crippen LogP contribution < -0.4 is 5.73 Å². The number of fused-ring (bicyclic) bond motifs is 3. The minimum atomic E-state index is -1.13. The monoisotopic (exact) mass is 452 g/mol. The molecule has 2 aliphatic carbocycles. The molecule has 4 aliphatic rings. The fourth-order valence-corrected chi connectivity index (χ4v) is 7.05. The quantitative estimate of drug-likeness (QED) is 0.751. The lowest BCUT2D eigenvalue weighted by Crippen LogP contribution is -2.56. The molecule has 176 valence electrons. The number of methoxy groups -OCH3 is 1. The highest BCUT2D eigenvalue weighted by Gasteiger charge is 2.68. The highest BCUT2D eigenvalue weighted by atomic mass is 16.6. The van der Waals surface area contributed by atoms with E-state index in [1.165, 1.54) is 0 Å². The van der Waals surface area contributed by atoms with Gasteiger partial charge in [-0.25, -0.2) is 4.99 Å². The topological polar surface area (TPSA) is 110 Å². The number of aliphatic imine (C=N–C) groups is 1. The molecule has 8 heteroatoms. The summed E-state index contributed by atoms with van der Waals surface area (Å²) in [6.45, 7) is 6.18. The molecule has 1 saturated heterocycles. The molecule has 6 atom stereocenters. The van der Waals surface area contributed by atoms with Crippen molar-refractivity contribution in [3.63, 3.8) is 0 Å². The summed E-state index contributed by atoms with van der Waals surface area (Å²) in [5.74, 6) is 0.624. The molecule has 1 saturated carbocycles. The van der Waals surface area contributed by atoms with Crippen LogP contribution in [0.15, 0.2) is 23.2 Å². The van der Waals surface area contributed by atoms with E-state index in [4.69, 9.17) is 24.9 Å². The summed E-state index contributed by atoms with van der Waals surface area (Å²) in [7, 11) is 1.76. The molecule has 8 nitrogen and oxygen atoms in total. The molecule has 0 bridgehead atoms. The highest BCUT2D eigenvalue weighted by Crippen LogP contribution is 2.63. The van der Waals surface area contributed by atoms with E-state index in [0.29, 0.717) is 31.9 Å². The van der Waals surface area contributed by atoms with Crippen LogP contribution in [0.5, 0.6) is 0 Å². The Hall–Kier alpha value is -2.47. The first-order chi connectivity index (χ1) is 15.8. The fraction of sp³-hybridized carbons (Fsp3) is 0.640. The normalized spacial score (nSPS) is 37.9. The molecule has 2 spiro atoms. The van der Waals surface area contributed by atoms with Gasteiger partial charge in [0.25, 0.3) is 5.91 Å². The Morgan fingerprint density at radius 3 is 2.70 bits per heavy atom. The second-order valence-electron chi connectivity index (χ2n) is 10.2. The number of nitrogens with zero attached hydrogens (tertiary/aromatic N) is 3. The van der Waals surface area contributed by atoms with Gasteiger partial charge < -0.3 is 19.9 Å².